The first kappa shape index (κ1) is 7.79. The van der Waals surface area contributed by atoms with E-state index in [1.54, 1.807) is 31.3 Å². The average molecular weight is 176 g/mol. The van der Waals surface area contributed by atoms with Gasteiger partial charge in [0.15, 0.2) is 0 Å². The van der Waals surface area contributed by atoms with Gasteiger partial charge in [-0.3, -0.25) is 4.79 Å². The Labute approximate surface area is 74.2 Å². The van der Waals surface area contributed by atoms with Crippen molar-refractivity contribution in [2.45, 2.75) is 0 Å². The summed E-state index contributed by atoms with van der Waals surface area (Å²) in [5.74, 6) is 0. The van der Waals surface area contributed by atoms with Gasteiger partial charge in [-0.2, -0.15) is 4.73 Å². The number of hydrogen-bond acceptors (Lipinski definition) is 2. The molecule has 0 aliphatic heterocycles. The molecule has 1 aromatic heterocycles. The molecule has 0 spiro atoms. The van der Waals surface area contributed by atoms with E-state index in [9.17, 15) is 10.0 Å². The van der Waals surface area contributed by atoms with Gasteiger partial charge in [-0.1, -0.05) is 12.1 Å². The lowest BCUT2D eigenvalue weighted by Gasteiger charge is -2.03. The van der Waals surface area contributed by atoms with Crippen LogP contribution in [-0.2, 0) is 7.05 Å². The third-order valence-electron chi connectivity index (χ3n) is 2.04. The highest BCUT2D eigenvalue weighted by Gasteiger charge is 2.06. The van der Waals surface area contributed by atoms with Gasteiger partial charge in [0.1, 0.15) is 5.52 Å². The first-order valence-electron chi connectivity index (χ1n) is 3.88. The number of aryl methyl sites for hydroxylation is 1. The van der Waals surface area contributed by atoms with Crippen molar-refractivity contribution >= 4 is 11.0 Å². The summed E-state index contributed by atoms with van der Waals surface area (Å²) in [6, 6.07) is 6.98. The molecule has 1 aromatic carbocycles. The highest BCUT2D eigenvalue weighted by molar-refractivity contribution is 5.70. The van der Waals surface area contributed by atoms with Gasteiger partial charge in [0.25, 0.3) is 0 Å². The predicted molar refractivity (Wildman–Crippen MR) is 48.1 cm³/mol. The quantitative estimate of drug-likeness (QED) is 0.424. The molecule has 0 atom stereocenters. The zero-order chi connectivity index (χ0) is 9.42. The maximum Gasteiger partial charge on any atom is 0.316 e. The lowest BCUT2D eigenvalue weighted by atomic mass is 10.3. The standard InChI is InChI=1S/C9H8N2O2/c1-10-7-4-2-3-5-8(7)11(13)6-9(10)12/h2-6H,1H3. The zero-order valence-electron chi connectivity index (χ0n) is 7.10. The van der Waals surface area contributed by atoms with E-state index in [0.29, 0.717) is 15.8 Å². The van der Waals surface area contributed by atoms with Gasteiger partial charge in [0, 0.05) is 13.1 Å². The average Bonchev–Trinajstić information content (AvgIpc) is 2.15. The Morgan fingerprint density at radius 2 is 2.08 bits per heavy atom. The summed E-state index contributed by atoms with van der Waals surface area (Å²) in [5.41, 5.74) is 0.850. The van der Waals surface area contributed by atoms with Crippen LogP contribution in [0.1, 0.15) is 0 Å². The van der Waals surface area contributed by atoms with Crippen LogP contribution in [0.5, 0.6) is 0 Å². The van der Waals surface area contributed by atoms with E-state index in [0.717, 1.165) is 6.20 Å². The van der Waals surface area contributed by atoms with E-state index in [4.69, 9.17) is 0 Å². The highest BCUT2D eigenvalue weighted by Crippen LogP contribution is 2.04. The molecule has 4 nitrogen and oxygen atoms in total. The summed E-state index contributed by atoms with van der Waals surface area (Å²) >= 11 is 0. The summed E-state index contributed by atoms with van der Waals surface area (Å²) in [7, 11) is 1.64. The molecule has 66 valence electrons. The molecule has 0 bridgehead atoms. The number of hydrogen-bond donors (Lipinski definition) is 0. The van der Waals surface area contributed by atoms with Gasteiger partial charge in [-0.15, -0.1) is 0 Å². The Hall–Kier alpha value is -1.84. The minimum absolute atomic E-state index is 0.297. The third kappa shape index (κ3) is 1.07. The Kier molecular flexibility index (Phi) is 1.55. The lowest BCUT2D eigenvalue weighted by molar-refractivity contribution is -0.578. The molecule has 4 heteroatoms. The molecular weight excluding hydrogens is 168 g/mol. The molecule has 2 rings (SSSR count). The fourth-order valence-corrected chi connectivity index (χ4v) is 1.31. The maximum atomic E-state index is 11.3. The van der Waals surface area contributed by atoms with E-state index in [-0.39, 0.29) is 5.56 Å². The molecule has 0 aliphatic carbocycles. The van der Waals surface area contributed by atoms with Gasteiger partial charge in [-0.25, -0.2) is 0 Å². The Balaban J connectivity index is 3.06. The summed E-state index contributed by atoms with van der Waals surface area (Å²) in [5, 5.41) is 11.3. The molecule has 2 aromatic rings. The third-order valence-corrected chi connectivity index (χ3v) is 2.04. The van der Waals surface area contributed by atoms with Crippen LogP contribution in [-0.4, -0.2) is 4.57 Å². The monoisotopic (exact) mass is 176 g/mol. The fraction of sp³-hybridized carbons (Fsp3) is 0.111. The number of para-hydroxylation sites is 2. The molecule has 0 N–H and O–H groups in total. The van der Waals surface area contributed by atoms with Crippen LogP contribution in [0.2, 0.25) is 0 Å². The molecule has 13 heavy (non-hydrogen) atoms. The molecule has 0 aliphatic rings. The van der Waals surface area contributed by atoms with Crippen molar-refractivity contribution < 1.29 is 4.73 Å². The molecule has 1 heterocycles. The van der Waals surface area contributed by atoms with Crippen LogP contribution in [0.4, 0.5) is 0 Å². The van der Waals surface area contributed by atoms with Crippen LogP contribution in [0.25, 0.3) is 11.0 Å². The zero-order valence-corrected chi connectivity index (χ0v) is 7.10. The highest BCUT2D eigenvalue weighted by atomic mass is 16.5. The number of aromatic nitrogens is 2. The summed E-state index contributed by atoms with van der Waals surface area (Å²) in [6.07, 6.45) is 1.03. The van der Waals surface area contributed by atoms with Crippen molar-refractivity contribution in [3.05, 3.63) is 46.0 Å². The second kappa shape index (κ2) is 2.58. The number of rotatable bonds is 0. The van der Waals surface area contributed by atoms with Gasteiger partial charge < -0.3 is 9.77 Å². The van der Waals surface area contributed by atoms with Crippen molar-refractivity contribution in [3.63, 3.8) is 0 Å². The van der Waals surface area contributed by atoms with Crippen molar-refractivity contribution in [1.29, 1.82) is 0 Å². The second-order valence-electron chi connectivity index (χ2n) is 2.84. The molecular formula is C9H8N2O2. The number of nitrogens with zero attached hydrogens (tertiary/aromatic N) is 2. The van der Waals surface area contributed by atoms with E-state index in [1.807, 2.05) is 0 Å². The van der Waals surface area contributed by atoms with Crippen molar-refractivity contribution in [2.24, 2.45) is 7.05 Å². The van der Waals surface area contributed by atoms with Gasteiger partial charge >= 0.3 is 5.56 Å². The normalized spacial score (nSPS) is 10.5. The number of fused-ring (bicyclic) bond motifs is 1. The molecule has 0 saturated heterocycles. The van der Waals surface area contributed by atoms with Crippen LogP contribution in [0.15, 0.2) is 35.3 Å². The SMILES string of the molecule is Cn1c(=O)c[n+]([O-])c2ccccc21. The predicted octanol–water partition coefficient (Wildman–Crippen LogP) is 0.172. The van der Waals surface area contributed by atoms with E-state index in [2.05, 4.69) is 0 Å². The van der Waals surface area contributed by atoms with E-state index >= 15 is 0 Å². The van der Waals surface area contributed by atoms with Crippen molar-refractivity contribution in [2.75, 3.05) is 0 Å². The van der Waals surface area contributed by atoms with Gasteiger partial charge in [-0.05, 0) is 6.07 Å². The summed E-state index contributed by atoms with van der Waals surface area (Å²) < 4.78 is 2.04. The van der Waals surface area contributed by atoms with Crippen molar-refractivity contribution in [1.82, 2.24) is 4.57 Å². The first-order valence-corrected chi connectivity index (χ1v) is 3.88. The van der Waals surface area contributed by atoms with Crippen LogP contribution in [0, 0.1) is 5.21 Å². The van der Waals surface area contributed by atoms with Crippen LogP contribution in [0.3, 0.4) is 0 Å². The second-order valence-corrected chi connectivity index (χ2v) is 2.84. The van der Waals surface area contributed by atoms with Crippen LogP contribution >= 0.6 is 0 Å². The van der Waals surface area contributed by atoms with Crippen LogP contribution < -0.4 is 10.3 Å². The molecule has 0 amide bonds. The van der Waals surface area contributed by atoms with Gasteiger partial charge in [0.2, 0.25) is 11.7 Å². The van der Waals surface area contributed by atoms with Gasteiger partial charge in [0.05, 0.1) is 0 Å². The smallest absolute Gasteiger partial charge is 0.316 e. The largest absolute Gasteiger partial charge is 0.618 e. The summed E-state index contributed by atoms with van der Waals surface area (Å²) in [6.45, 7) is 0. The summed E-state index contributed by atoms with van der Waals surface area (Å²) in [4.78, 5) is 11.2. The molecule has 0 saturated carbocycles. The first-order chi connectivity index (χ1) is 6.20. The number of benzene rings is 1. The molecule has 0 radical (unpaired) electrons. The topological polar surface area (TPSA) is 48.9 Å². The Morgan fingerprint density at radius 3 is 2.85 bits per heavy atom. The lowest BCUT2D eigenvalue weighted by Crippen LogP contribution is -2.35. The van der Waals surface area contributed by atoms with E-state index < -0.39 is 0 Å². The minimum atomic E-state index is -0.297. The minimum Gasteiger partial charge on any atom is -0.618 e. The van der Waals surface area contributed by atoms with E-state index in [1.165, 1.54) is 4.57 Å². The Bertz CT molecular complexity index is 516. The Morgan fingerprint density at radius 1 is 1.38 bits per heavy atom. The molecule has 0 unspecified atom stereocenters. The fourth-order valence-electron chi connectivity index (χ4n) is 1.31. The molecule has 0 fully saturated rings. The maximum absolute atomic E-state index is 11.3. The van der Waals surface area contributed by atoms with Crippen molar-refractivity contribution in [3.8, 4) is 0 Å².